The Bertz CT molecular complexity index is 828. The summed E-state index contributed by atoms with van der Waals surface area (Å²) in [5, 5.41) is 2.91. The van der Waals surface area contributed by atoms with Crippen LogP contribution in [0.25, 0.3) is 0 Å². The second-order valence-electron chi connectivity index (χ2n) is 5.72. The van der Waals surface area contributed by atoms with Crippen LogP contribution in [0.2, 0.25) is 0 Å². The predicted molar refractivity (Wildman–Crippen MR) is 95.6 cm³/mol. The molecular formula is C18H22N2O3S. The SMILES string of the molecule is CNS(=O)(=O)c1ccc(CCC(=O)Nc2ccc(C)cc2C)cc1. The molecule has 2 aromatic carbocycles. The summed E-state index contributed by atoms with van der Waals surface area (Å²) in [6.45, 7) is 3.97. The van der Waals surface area contributed by atoms with Crippen molar-refractivity contribution in [2.45, 2.75) is 31.6 Å². The van der Waals surface area contributed by atoms with E-state index in [1.807, 2.05) is 32.0 Å². The molecule has 0 unspecified atom stereocenters. The number of carbonyl (C=O) groups is 1. The molecule has 0 aliphatic rings. The van der Waals surface area contributed by atoms with Crippen LogP contribution in [0.3, 0.4) is 0 Å². The van der Waals surface area contributed by atoms with Crippen molar-refractivity contribution in [3.8, 4) is 0 Å². The van der Waals surface area contributed by atoms with Crippen molar-refractivity contribution >= 4 is 21.6 Å². The zero-order valence-corrected chi connectivity index (χ0v) is 14.9. The second kappa shape index (κ2) is 7.59. The van der Waals surface area contributed by atoms with E-state index in [0.717, 1.165) is 22.4 Å². The number of nitrogens with one attached hydrogen (secondary N) is 2. The summed E-state index contributed by atoms with van der Waals surface area (Å²) in [6.07, 6.45) is 0.891. The van der Waals surface area contributed by atoms with Crippen LogP contribution in [0.5, 0.6) is 0 Å². The van der Waals surface area contributed by atoms with E-state index in [2.05, 4.69) is 10.0 Å². The van der Waals surface area contributed by atoms with E-state index in [1.165, 1.54) is 7.05 Å². The van der Waals surface area contributed by atoms with Crippen molar-refractivity contribution in [1.29, 1.82) is 0 Å². The molecule has 128 valence electrons. The fourth-order valence-corrected chi connectivity index (χ4v) is 3.11. The van der Waals surface area contributed by atoms with Crippen LogP contribution in [0.15, 0.2) is 47.4 Å². The molecular weight excluding hydrogens is 324 g/mol. The lowest BCUT2D eigenvalue weighted by Gasteiger charge is -2.09. The maximum atomic E-state index is 12.1. The Hall–Kier alpha value is -2.18. The van der Waals surface area contributed by atoms with Crippen LogP contribution in [-0.4, -0.2) is 21.4 Å². The average Bonchev–Trinajstić information content (AvgIpc) is 2.56. The van der Waals surface area contributed by atoms with E-state index in [9.17, 15) is 13.2 Å². The second-order valence-corrected chi connectivity index (χ2v) is 7.60. The molecule has 0 aliphatic carbocycles. The van der Waals surface area contributed by atoms with Gasteiger partial charge in [0.15, 0.2) is 0 Å². The van der Waals surface area contributed by atoms with E-state index < -0.39 is 10.0 Å². The smallest absolute Gasteiger partial charge is 0.240 e. The van der Waals surface area contributed by atoms with Gasteiger partial charge in [0.25, 0.3) is 0 Å². The third-order valence-electron chi connectivity index (χ3n) is 3.80. The van der Waals surface area contributed by atoms with Gasteiger partial charge < -0.3 is 5.32 Å². The number of hydrogen-bond donors (Lipinski definition) is 2. The maximum Gasteiger partial charge on any atom is 0.240 e. The van der Waals surface area contributed by atoms with E-state index in [0.29, 0.717) is 12.8 Å². The zero-order valence-electron chi connectivity index (χ0n) is 14.1. The van der Waals surface area contributed by atoms with E-state index in [4.69, 9.17) is 0 Å². The molecule has 0 fully saturated rings. The highest BCUT2D eigenvalue weighted by atomic mass is 32.2. The summed E-state index contributed by atoms with van der Waals surface area (Å²) in [7, 11) is -2.05. The summed E-state index contributed by atoms with van der Waals surface area (Å²) in [6, 6.07) is 12.4. The predicted octanol–water partition coefficient (Wildman–Crippen LogP) is 2.78. The number of aryl methyl sites for hydroxylation is 3. The van der Waals surface area contributed by atoms with Gasteiger partial charge in [-0.1, -0.05) is 29.8 Å². The van der Waals surface area contributed by atoms with Crippen molar-refractivity contribution in [2.75, 3.05) is 12.4 Å². The molecule has 2 rings (SSSR count). The van der Waals surface area contributed by atoms with Crippen LogP contribution >= 0.6 is 0 Å². The van der Waals surface area contributed by atoms with Gasteiger partial charge in [-0.05, 0) is 56.6 Å². The van der Waals surface area contributed by atoms with Crippen LogP contribution in [-0.2, 0) is 21.2 Å². The van der Waals surface area contributed by atoms with E-state index in [-0.39, 0.29) is 10.8 Å². The third-order valence-corrected chi connectivity index (χ3v) is 5.23. The largest absolute Gasteiger partial charge is 0.326 e. The number of benzene rings is 2. The number of hydrogen-bond acceptors (Lipinski definition) is 3. The van der Waals surface area contributed by atoms with Crippen LogP contribution < -0.4 is 10.0 Å². The van der Waals surface area contributed by atoms with Gasteiger partial charge >= 0.3 is 0 Å². The first kappa shape index (κ1) is 18.2. The molecule has 5 nitrogen and oxygen atoms in total. The number of rotatable bonds is 6. The lowest BCUT2D eigenvalue weighted by Crippen LogP contribution is -2.18. The lowest BCUT2D eigenvalue weighted by atomic mass is 10.1. The fourth-order valence-electron chi connectivity index (χ4n) is 2.38. The molecule has 0 aromatic heterocycles. The normalized spacial score (nSPS) is 11.3. The first-order valence-electron chi connectivity index (χ1n) is 7.71. The molecule has 6 heteroatoms. The number of sulfonamides is 1. The van der Waals surface area contributed by atoms with Crippen molar-refractivity contribution in [3.63, 3.8) is 0 Å². The molecule has 24 heavy (non-hydrogen) atoms. The minimum absolute atomic E-state index is 0.0612. The highest BCUT2D eigenvalue weighted by Crippen LogP contribution is 2.17. The average molecular weight is 346 g/mol. The first-order valence-corrected chi connectivity index (χ1v) is 9.20. The summed E-state index contributed by atoms with van der Waals surface area (Å²) in [5.74, 6) is -0.0612. The number of anilines is 1. The zero-order chi connectivity index (χ0) is 17.7. The van der Waals surface area contributed by atoms with Gasteiger partial charge in [0.2, 0.25) is 15.9 Å². The Labute approximate surface area is 143 Å². The standard InChI is InChI=1S/C18H22N2O3S/c1-13-4-10-17(14(2)12-13)20-18(21)11-7-15-5-8-16(9-6-15)24(22,23)19-3/h4-6,8-10,12,19H,7,11H2,1-3H3,(H,20,21). The van der Waals surface area contributed by atoms with Crippen LogP contribution in [0.1, 0.15) is 23.1 Å². The molecule has 0 saturated heterocycles. The molecule has 0 heterocycles. The van der Waals surface area contributed by atoms with E-state index >= 15 is 0 Å². The maximum absolute atomic E-state index is 12.1. The fraction of sp³-hybridized carbons (Fsp3) is 0.278. The van der Waals surface area contributed by atoms with Gasteiger partial charge in [0.05, 0.1) is 4.90 Å². The van der Waals surface area contributed by atoms with Gasteiger partial charge in [-0.3, -0.25) is 4.79 Å². The minimum atomic E-state index is -3.42. The monoisotopic (exact) mass is 346 g/mol. The minimum Gasteiger partial charge on any atom is -0.326 e. The van der Waals surface area contributed by atoms with Crippen molar-refractivity contribution < 1.29 is 13.2 Å². The Morgan fingerprint density at radius 1 is 1.04 bits per heavy atom. The quantitative estimate of drug-likeness (QED) is 0.844. The molecule has 0 spiro atoms. The Morgan fingerprint density at radius 3 is 2.29 bits per heavy atom. The Morgan fingerprint density at radius 2 is 1.71 bits per heavy atom. The molecule has 0 atom stereocenters. The molecule has 2 N–H and O–H groups in total. The highest BCUT2D eigenvalue weighted by molar-refractivity contribution is 7.89. The summed E-state index contributed by atoms with van der Waals surface area (Å²) < 4.78 is 25.6. The molecule has 0 saturated carbocycles. The highest BCUT2D eigenvalue weighted by Gasteiger charge is 2.11. The molecule has 0 bridgehead atoms. The summed E-state index contributed by atoms with van der Waals surface area (Å²) in [5.41, 5.74) is 3.92. The molecule has 0 radical (unpaired) electrons. The van der Waals surface area contributed by atoms with Gasteiger partial charge in [-0.25, -0.2) is 13.1 Å². The van der Waals surface area contributed by atoms with Crippen LogP contribution in [0, 0.1) is 13.8 Å². The molecule has 0 aliphatic heterocycles. The Balaban J connectivity index is 1.94. The van der Waals surface area contributed by atoms with Crippen molar-refractivity contribution in [1.82, 2.24) is 4.72 Å². The first-order chi connectivity index (χ1) is 11.3. The molecule has 2 aromatic rings. The van der Waals surface area contributed by atoms with Gasteiger partial charge in [-0.2, -0.15) is 0 Å². The topological polar surface area (TPSA) is 75.3 Å². The van der Waals surface area contributed by atoms with Crippen LogP contribution in [0.4, 0.5) is 5.69 Å². The van der Waals surface area contributed by atoms with Gasteiger partial charge in [-0.15, -0.1) is 0 Å². The lowest BCUT2D eigenvalue weighted by molar-refractivity contribution is -0.116. The van der Waals surface area contributed by atoms with Gasteiger partial charge in [0.1, 0.15) is 0 Å². The summed E-state index contributed by atoms with van der Waals surface area (Å²) in [4.78, 5) is 12.3. The number of amides is 1. The van der Waals surface area contributed by atoms with Crippen molar-refractivity contribution in [3.05, 3.63) is 59.2 Å². The summed E-state index contributed by atoms with van der Waals surface area (Å²) >= 11 is 0. The molecule has 1 amide bonds. The Kier molecular flexibility index (Phi) is 5.75. The van der Waals surface area contributed by atoms with Gasteiger partial charge in [0, 0.05) is 12.1 Å². The third kappa shape index (κ3) is 4.66. The number of carbonyl (C=O) groups excluding carboxylic acids is 1. The van der Waals surface area contributed by atoms with Crippen molar-refractivity contribution in [2.24, 2.45) is 0 Å². The van der Waals surface area contributed by atoms with E-state index in [1.54, 1.807) is 24.3 Å².